The third-order valence-corrected chi connectivity index (χ3v) is 4.12. The molecular weight excluding hydrogens is 230 g/mol. The van der Waals surface area contributed by atoms with Gasteiger partial charge in [0.2, 0.25) is 0 Å². The van der Waals surface area contributed by atoms with E-state index in [2.05, 4.69) is 10.2 Å². The van der Waals surface area contributed by atoms with Crippen LogP contribution in [-0.4, -0.2) is 31.1 Å². The van der Waals surface area contributed by atoms with Crippen LogP contribution >= 0.6 is 0 Å². The number of non-ortho nitro benzene ring substituents is 1. The summed E-state index contributed by atoms with van der Waals surface area (Å²) < 4.78 is 0. The molecule has 0 saturated carbocycles. The minimum atomic E-state index is -0.334. The molecule has 2 aliphatic rings. The van der Waals surface area contributed by atoms with Gasteiger partial charge in [0.25, 0.3) is 5.69 Å². The van der Waals surface area contributed by atoms with Gasteiger partial charge >= 0.3 is 0 Å². The van der Waals surface area contributed by atoms with Crippen molar-refractivity contribution in [2.75, 3.05) is 31.1 Å². The first-order chi connectivity index (χ1) is 8.65. The molecule has 0 radical (unpaired) electrons. The maximum atomic E-state index is 10.7. The van der Waals surface area contributed by atoms with Gasteiger partial charge in [0.1, 0.15) is 0 Å². The van der Waals surface area contributed by atoms with Gasteiger partial charge in [-0.15, -0.1) is 0 Å². The Hall–Kier alpha value is -1.62. The number of hydrogen-bond donors (Lipinski definition) is 1. The first-order valence-corrected chi connectivity index (χ1v) is 6.36. The topological polar surface area (TPSA) is 58.4 Å². The van der Waals surface area contributed by atoms with E-state index >= 15 is 0 Å². The Morgan fingerprint density at radius 2 is 2.00 bits per heavy atom. The van der Waals surface area contributed by atoms with Crippen molar-refractivity contribution in [2.24, 2.45) is 11.8 Å². The lowest BCUT2D eigenvalue weighted by Crippen LogP contribution is -2.25. The number of nitrogens with one attached hydrogen (secondary N) is 1. The van der Waals surface area contributed by atoms with Crippen LogP contribution in [0.4, 0.5) is 11.4 Å². The second-order valence-corrected chi connectivity index (χ2v) is 5.31. The highest BCUT2D eigenvalue weighted by molar-refractivity contribution is 5.58. The predicted molar refractivity (Wildman–Crippen MR) is 69.9 cm³/mol. The molecule has 5 heteroatoms. The Morgan fingerprint density at radius 3 is 2.56 bits per heavy atom. The molecule has 0 amide bonds. The molecule has 0 aliphatic carbocycles. The summed E-state index contributed by atoms with van der Waals surface area (Å²) in [4.78, 5) is 12.8. The molecule has 2 atom stereocenters. The molecule has 1 aromatic carbocycles. The molecule has 2 saturated heterocycles. The van der Waals surface area contributed by atoms with E-state index in [9.17, 15) is 10.1 Å². The second-order valence-electron chi connectivity index (χ2n) is 5.31. The standard InChI is InChI=1S/C13H17N3O2/c1-9-4-12(16(17)18)2-3-13(9)15-7-10-5-14-6-11(10)8-15/h2-4,10-11,14H,5-8H2,1H3. The molecule has 0 spiro atoms. The van der Waals surface area contributed by atoms with Crippen molar-refractivity contribution in [1.82, 2.24) is 5.32 Å². The minimum absolute atomic E-state index is 0.178. The number of nitro groups is 1. The normalized spacial score (nSPS) is 26.4. The van der Waals surface area contributed by atoms with Crippen LogP contribution in [0.15, 0.2) is 18.2 Å². The third kappa shape index (κ3) is 1.84. The maximum absolute atomic E-state index is 10.7. The summed E-state index contributed by atoms with van der Waals surface area (Å²) >= 11 is 0. The van der Waals surface area contributed by atoms with E-state index in [4.69, 9.17) is 0 Å². The number of benzene rings is 1. The monoisotopic (exact) mass is 247 g/mol. The highest BCUT2D eigenvalue weighted by Crippen LogP contribution is 2.33. The van der Waals surface area contributed by atoms with Gasteiger partial charge in [0, 0.05) is 44.0 Å². The molecule has 1 N–H and O–H groups in total. The van der Waals surface area contributed by atoms with E-state index in [1.165, 1.54) is 0 Å². The van der Waals surface area contributed by atoms with Crippen LogP contribution in [0.25, 0.3) is 0 Å². The van der Waals surface area contributed by atoms with Crippen molar-refractivity contribution < 1.29 is 4.92 Å². The molecule has 18 heavy (non-hydrogen) atoms. The number of nitrogens with zero attached hydrogens (tertiary/aromatic N) is 2. The van der Waals surface area contributed by atoms with Gasteiger partial charge in [-0.2, -0.15) is 0 Å². The smallest absolute Gasteiger partial charge is 0.269 e. The van der Waals surface area contributed by atoms with E-state index in [1.807, 2.05) is 13.0 Å². The molecule has 0 bridgehead atoms. The maximum Gasteiger partial charge on any atom is 0.269 e. The van der Waals surface area contributed by atoms with E-state index in [-0.39, 0.29) is 10.6 Å². The fraction of sp³-hybridized carbons (Fsp3) is 0.538. The van der Waals surface area contributed by atoms with Crippen molar-refractivity contribution in [3.63, 3.8) is 0 Å². The van der Waals surface area contributed by atoms with Crippen molar-refractivity contribution in [2.45, 2.75) is 6.92 Å². The molecule has 5 nitrogen and oxygen atoms in total. The van der Waals surface area contributed by atoms with Crippen molar-refractivity contribution in [1.29, 1.82) is 0 Å². The number of nitro benzene ring substituents is 1. The Labute approximate surface area is 106 Å². The summed E-state index contributed by atoms with van der Waals surface area (Å²) in [6.45, 7) is 6.29. The second kappa shape index (κ2) is 4.24. The largest absolute Gasteiger partial charge is 0.371 e. The average molecular weight is 247 g/mol. The molecule has 2 aliphatic heterocycles. The van der Waals surface area contributed by atoms with Gasteiger partial charge in [-0.05, 0) is 30.4 Å². The molecule has 3 rings (SSSR count). The van der Waals surface area contributed by atoms with Gasteiger partial charge in [0.15, 0.2) is 0 Å². The van der Waals surface area contributed by atoms with Crippen LogP contribution in [0.3, 0.4) is 0 Å². The van der Waals surface area contributed by atoms with E-state index in [0.29, 0.717) is 0 Å². The van der Waals surface area contributed by atoms with Crippen molar-refractivity contribution in [3.8, 4) is 0 Å². The highest BCUT2D eigenvalue weighted by atomic mass is 16.6. The Balaban J connectivity index is 1.83. The Kier molecular flexibility index (Phi) is 2.70. The minimum Gasteiger partial charge on any atom is -0.371 e. The zero-order valence-corrected chi connectivity index (χ0v) is 10.4. The number of aryl methyl sites for hydroxylation is 1. The third-order valence-electron chi connectivity index (χ3n) is 4.12. The van der Waals surface area contributed by atoms with Crippen LogP contribution in [0.5, 0.6) is 0 Å². The Bertz CT molecular complexity index is 477. The molecule has 1 aromatic rings. The molecule has 2 fully saturated rings. The summed E-state index contributed by atoms with van der Waals surface area (Å²) in [6, 6.07) is 5.16. The van der Waals surface area contributed by atoms with Gasteiger partial charge in [-0.25, -0.2) is 0 Å². The highest BCUT2D eigenvalue weighted by Gasteiger charge is 2.36. The van der Waals surface area contributed by atoms with Gasteiger partial charge in [-0.3, -0.25) is 10.1 Å². The van der Waals surface area contributed by atoms with Crippen LogP contribution in [0.2, 0.25) is 0 Å². The Morgan fingerprint density at radius 1 is 1.33 bits per heavy atom. The molecule has 2 unspecified atom stereocenters. The summed E-state index contributed by atoms with van der Waals surface area (Å²) in [5.41, 5.74) is 2.32. The summed E-state index contributed by atoms with van der Waals surface area (Å²) in [6.07, 6.45) is 0. The zero-order chi connectivity index (χ0) is 12.7. The fourth-order valence-corrected chi connectivity index (χ4v) is 3.16. The van der Waals surface area contributed by atoms with Gasteiger partial charge in [-0.1, -0.05) is 0 Å². The van der Waals surface area contributed by atoms with Crippen molar-refractivity contribution in [3.05, 3.63) is 33.9 Å². The lowest BCUT2D eigenvalue weighted by Gasteiger charge is -2.21. The van der Waals surface area contributed by atoms with Crippen molar-refractivity contribution >= 4 is 11.4 Å². The molecular formula is C13H17N3O2. The molecule has 96 valence electrons. The molecule has 2 heterocycles. The van der Waals surface area contributed by atoms with E-state index in [1.54, 1.807) is 12.1 Å². The van der Waals surface area contributed by atoms with E-state index in [0.717, 1.165) is 49.3 Å². The van der Waals surface area contributed by atoms with Gasteiger partial charge < -0.3 is 10.2 Å². The number of hydrogen-bond acceptors (Lipinski definition) is 4. The lowest BCUT2D eigenvalue weighted by molar-refractivity contribution is -0.384. The van der Waals surface area contributed by atoms with Crippen LogP contribution in [0, 0.1) is 28.9 Å². The zero-order valence-electron chi connectivity index (χ0n) is 10.4. The molecule has 0 aromatic heterocycles. The quantitative estimate of drug-likeness (QED) is 0.636. The van der Waals surface area contributed by atoms with Gasteiger partial charge in [0.05, 0.1) is 4.92 Å². The fourth-order valence-electron chi connectivity index (χ4n) is 3.16. The summed E-state index contributed by atoms with van der Waals surface area (Å²) in [5, 5.41) is 14.1. The lowest BCUT2D eigenvalue weighted by atomic mass is 10.0. The number of fused-ring (bicyclic) bond motifs is 1. The number of rotatable bonds is 2. The van der Waals surface area contributed by atoms with Crippen LogP contribution in [-0.2, 0) is 0 Å². The SMILES string of the molecule is Cc1cc([N+](=O)[O-])ccc1N1CC2CNCC2C1. The average Bonchev–Trinajstić information content (AvgIpc) is 2.88. The first kappa shape index (κ1) is 11.5. The van der Waals surface area contributed by atoms with E-state index < -0.39 is 0 Å². The summed E-state index contributed by atoms with van der Waals surface area (Å²) in [7, 11) is 0. The van der Waals surface area contributed by atoms with Crippen LogP contribution in [0.1, 0.15) is 5.56 Å². The predicted octanol–water partition coefficient (Wildman–Crippen LogP) is 1.56. The number of anilines is 1. The summed E-state index contributed by atoms with van der Waals surface area (Å²) in [5.74, 6) is 1.47. The first-order valence-electron chi connectivity index (χ1n) is 6.36. The van der Waals surface area contributed by atoms with Crippen LogP contribution < -0.4 is 10.2 Å².